The molecular weight excluding hydrogens is 386 g/mol. The number of esters is 1. The van der Waals surface area contributed by atoms with Crippen molar-refractivity contribution in [2.45, 2.75) is 39.7 Å². The first-order valence-corrected chi connectivity index (χ1v) is 9.47. The fourth-order valence-electron chi connectivity index (χ4n) is 3.14. The molecule has 1 amide bonds. The molecule has 2 aliphatic rings. The normalized spacial score (nSPS) is 25.2. The van der Waals surface area contributed by atoms with Crippen molar-refractivity contribution in [1.29, 1.82) is 0 Å². The summed E-state index contributed by atoms with van der Waals surface area (Å²) in [6, 6.07) is 0. The van der Waals surface area contributed by atoms with E-state index in [2.05, 4.69) is 32.7 Å². The summed E-state index contributed by atoms with van der Waals surface area (Å²) in [6.45, 7) is 12.2. The highest BCUT2D eigenvalue weighted by Gasteiger charge is 2.52. The Bertz CT molecular complexity index is 601. The van der Waals surface area contributed by atoms with Crippen molar-refractivity contribution in [3.63, 3.8) is 0 Å². The van der Waals surface area contributed by atoms with Gasteiger partial charge in [0.25, 0.3) is 0 Å². The van der Waals surface area contributed by atoms with Crippen LogP contribution >= 0.6 is 15.9 Å². The Morgan fingerprint density at radius 1 is 1.24 bits per heavy atom. The van der Waals surface area contributed by atoms with Crippen LogP contribution in [0, 0.1) is 5.41 Å². The van der Waals surface area contributed by atoms with Gasteiger partial charge in [-0.05, 0) is 39.5 Å². The van der Waals surface area contributed by atoms with Crippen molar-refractivity contribution < 1.29 is 14.3 Å². The number of primary amides is 1. The number of nitrogens with zero attached hydrogens (tertiary/aromatic N) is 2. The van der Waals surface area contributed by atoms with Crippen molar-refractivity contribution in [3.8, 4) is 0 Å². The zero-order valence-corrected chi connectivity index (χ0v) is 17.1. The van der Waals surface area contributed by atoms with Crippen LogP contribution in [0.25, 0.3) is 0 Å². The van der Waals surface area contributed by atoms with E-state index < -0.39 is 22.9 Å². The van der Waals surface area contributed by atoms with Crippen LogP contribution in [0.15, 0.2) is 22.3 Å². The van der Waals surface area contributed by atoms with Gasteiger partial charge in [0.1, 0.15) is 5.60 Å². The van der Waals surface area contributed by atoms with Gasteiger partial charge in [0.15, 0.2) is 5.41 Å². The molecule has 1 unspecified atom stereocenters. The first kappa shape index (κ1) is 20.0. The van der Waals surface area contributed by atoms with Gasteiger partial charge in [-0.1, -0.05) is 22.9 Å². The molecule has 1 saturated heterocycles. The summed E-state index contributed by atoms with van der Waals surface area (Å²) in [5.74, 6) is -1.30. The molecule has 0 aromatic heterocycles. The molecule has 0 saturated carbocycles. The number of nitrogens with two attached hydrogens (primary N) is 1. The third-order valence-corrected chi connectivity index (χ3v) is 5.61. The molecule has 0 spiro atoms. The highest BCUT2D eigenvalue weighted by Crippen LogP contribution is 2.44. The van der Waals surface area contributed by atoms with Crippen molar-refractivity contribution in [1.82, 2.24) is 9.80 Å². The number of likely N-dealkylation sites (N-methyl/N-ethyl adjacent to an activating group) is 1. The molecule has 0 bridgehead atoms. The molecule has 1 fully saturated rings. The minimum Gasteiger partial charge on any atom is -0.459 e. The highest BCUT2D eigenvalue weighted by molar-refractivity contribution is 9.11. The van der Waals surface area contributed by atoms with Crippen molar-refractivity contribution in [2.24, 2.45) is 11.1 Å². The number of hydrogen-bond donors (Lipinski definition) is 1. The van der Waals surface area contributed by atoms with Crippen LogP contribution in [0.4, 0.5) is 0 Å². The van der Waals surface area contributed by atoms with Crippen LogP contribution in [0.2, 0.25) is 0 Å². The number of ether oxygens (including phenoxy) is 1. The predicted molar refractivity (Wildman–Crippen MR) is 101 cm³/mol. The van der Waals surface area contributed by atoms with Gasteiger partial charge in [-0.2, -0.15) is 0 Å². The monoisotopic (exact) mass is 413 g/mol. The molecule has 2 rings (SSSR count). The number of rotatable bonds is 4. The van der Waals surface area contributed by atoms with E-state index >= 15 is 0 Å². The van der Waals surface area contributed by atoms with E-state index in [0.29, 0.717) is 4.48 Å². The SMILES string of the molecule is CCN1CCN(C2=CC=C(Br)C(C(N)=O)(C(=O)OC(C)(C)C)C2)CC1. The van der Waals surface area contributed by atoms with Crippen LogP contribution < -0.4 is 5.73 Å². The Balaban J connectivity index is 2.25. The number of halogens is 1. The summed E-state index contributed by atoms with van der Waals surface area (Å²) in [7, 11) is 0. The van der Waals surface area contributed by atoms with E-state index in [9.17, 15) is 9.59 Å². The quantitative estimate of drug-likeness (QED) is 0.563. The molecular formula is C18H28BrN3O3. The van der Waals surface area contributed by atoms with E-state index in [1.54, 1.807) is 26.8 Å². The number of allylic oxidation sites excluding steroid dienone is 3. The Morgan fingerprint density at radius 2 is 1.84 bits per heavy atom. The third kappa shape index (κ3) is 4.26. The van der Waals surface area contributed by atoms with Gasteiger partial charge < -0.3 is 20.3 Å². The Hall–Kier alpha value is -1.34. The number of piperazine rings is 1. The van der Waals surface area contributed by atoms with Gasteiger partial charge in [0.05, 0.1) is 0 Å². The minimum absolute atomic E-state index is 0.223. The minimum atomic E-state index is -1.50. The van der Waals surface area contributed by atoms with Gasteiger partial charge >= 0.3 is 5.97 Å². The third-order valence-electron chi connectivity index (χ3n) is 4.67. The smallest absolute Gasteiger partial charge is 0.327 e. The summed E-state index contributed by atoms with van der Waals surface area (Å²) in [5.41, 5.74) is 4.44. The highest BCUT2D eigenvalue weighted by atomic mass is 79.9. The summed E-state index contributed by atoms with van der Waals surface area (Å²) >= 11 is 3.38. The van der Waals surface area contributed by atoms with E-state index in [4.69, 9.17) is 10.5 Å². The van der Waals surface area contributed by atoms with Gasteiger partial charge in [-0.25, -0.2) is 0 Å². The molecule has 0 aromatic carbocycles. The lowest BCUT2D eigenvalue weighted by atomic mass is 9.78. The largest absolute Gasteiger partial charge is 0.459 e. The first-order chi connectivity index (χ1) is 11.6. The topological polar surface area (TPSA) is 75.9 Å². The maximum Gasteiger partial charge on any atom is 0.327 e. The molecule has 6 nitrogen and oxygen atoms in total. The zero-order valence-electron chi connectivity index (χ0n) is 15.5. The lowest BCUT2D eigenvalue weighted by Crippen LogP contribution is -2.51. The zero-order chi connectivity index (χ0) is 18.8. The van der Waals surface area contributed by atoms with E-state index in [1.807, 2.05) is 6.08 Å². The van der Waals surface area contributed by atoms with Crippen LogP contribution in [-0.4, -0.2) is 60.0 Å². The van der Waals surface area contributed by atoms with Crippen molar-refractivity contribution >= 4 is 27.8 Å². The maximum absolute atomic E-state index is 12.9. The standard InChI is InChI=1S/C18H28BrN3O3/c1-5-21-8-10-22(11-9-21)13-6-7-14(19)18(12-13,15(20)23)16(24)25-17(2,3)4/h6-7H,5,8-12H2,1-4H3,(H2,20,23). The molecule has 140 valence electrons. The molecule has 0 aromatic rings. The average Bonchev–Trinajstić information content (AvgIpc) is 2.53. The van der Waals surface area contributed by atoms with Crippen LogP contribution in [0.1, 0.15) is 34.1 Å². The van der Waals surface area contributed by atoms with Gasteiger partial charge in [0, 0.05) is 42.8 Å². The van der Waals surface area contributed by atoms with Gasteiger partial charge in [0.2, 0.25) is 5.91 Å². The number of amides is 1. The van der Waals surface area contributed by atoms with E-state index in [-0.39, 0.29) is 6.42 Å². The molecule has 7 heteroatoms. The Labute approximate surface area is 158 Å². The molecule has 25 heavy (non-hydrogen) atoms. The van der Waals surface area contributed by atoms with Crippen LogP contribution in [0.5, 0.6) is 0 Å². The lowest BCUT2D eigenvalue weighted by molar-refractivity contribution is -0.167. The van der Waals surface area contributed by atoms with Crippen molar-refractivity contribution in [2.75, 3.05) is 32.7 Å². The predicted octanol–water partition coefficient (Wildman–Crippen LogP) is 2.00. The molecule has 1 aliphatic carbocycles. The molecule has 1 aliphatic heterocycles. The second-order valence-electron chi connectivity index (χ2n) is 7.54. The average molecular weight is 414 g/mol. The number of hydrogen-bond acceptors (Lipinski definition) is 5. The number of carbonyl (C=O) groups is 2. The second-order valence-corrected chi connectivity index (χ2v) is 8.40. The summed E-state index contributed by atoms with van der Waals surface area (Å²) in [4.78, 5) is 29.8. The Kier molecular flexibility index (Phi) is 5.99. The van der Waals surface area contributed by atoms with Gasteiger partial charge in [-0.3, -0.25) is 9.59 Å². The van der Waals surface area contributed by atoms with E-state index in [0.717, 1.165) is 38.4 Å². The van der Waals surface area contributed by atoms with Crippen molar-refractivity contribution in [3.05, 3.63) is 22.3 Å². The number of carbonyl (C=O) groups excluding carboxylic acids is 2. The lowest BCUT2D eigenvalue weighted by Gasteiger charge is -2.41. The fourth-order valence-corrected chi connectivity index (χ4v) is 3.77. The van der Waals surface area contributed by atoms with Crippen LogP contribution in [0.3, 0.4) is 0 Å². The fraction of sp³-hybridized carbons (Fsp3) is 0.667. The summed E-state index contributed by atoms with van der Waals surface area (Å²) in [5, 5.41) is 0. The second kappa shape index (κ2) is 7.50. The van der Waals surface area contributed by atoms with E-state index in [1.165, 1.54) is 0 Å². The first-order valence-electron chi connectivity index (χ1n) is 8.67. The summed E-state index contributed by atoms with van der Waals surface area (Å²) < 4.78 is 5.97. The maximum atomic E-state index is 12.9. The van der Waals surface area contributed by atoms with Crippen LogP contribution in [-0.2, 0) is 14.3 Å². The molecule has 2 N–H and O–H groups in total. The summed E-state index contributed by atoms with van der Waals surface area (Å²) in [6.07, 6.45) is 3.93. The van der Waals surface area contributed by atoms with Gasteiger partial charge in [-0.15, -0.1) is 0 Å². The molecule has 1 heterocycles. The molecule has 0 radical (unpaired) electrons. The Morgan fingerprint density at radius 3 is 2.32 bits per heavy atom. The molecule has 1 atom stereocenters.